The monoisotopic (exact) mass is 705 g/mol. The summed E-state index contributed by atoms with van der Waals surface area (Å²) < 4.78 is 0. The molecule has 0 aliphatic carbocycles. The van der Waals surface area contributed by atoms with Gasteiger partial charge in [-0.15, -0.1) is 0 Å². The third-order valence-corrected chi connectivity index (χ3v) is 8.06. The van der Waals surface area contributed by atoms with Crippen LogP contribution < -0.4 is 16.0 Å². The van der Waals surface area contributed by atoms with Crippen molar-refractivity contribution in [3.63, 3.8) is 0 Å². The van der Waals surface area contributed by atoms with Crippen molar-refractivity contribution in [2.24, 2.45) is 5.92 Å². The number of nitrogens with zero attached hydrogens (tertiary/aromatic N) is 4. The Morgan fingerprint density at radius 3 is 1.80 bits per heavy atom. The maximum absolute atomic E-state index is 12.8. The molecule has 1 aliphatic heterocycles. The molecule has 0 aromatic carbocycles. The van der Waals surface area contributed by atoms with E-state index in [1.165, 1.54) is 0 Å². The Hall–Kier alpha value is -3.22. The van der Waals surface area contributed by atoms with Gasteiger partial charge in [-0.2, -0.15) is 0 Å². The van der Waals surface area contributed by atoms with E-state index in [0.717, 1.165) is 52.2 Å². The topological polar surface area (TPSA) is 232 Å². The van der Waals surface area contributed by atoms with Crippen LogP contribution in [-0.4, -0.2) is 188 Å². The summed E-state index contributed by atoms with van der Waals surface area (Å²) in [5, 5.41) is 40.9. The zero-order valence-corrected chi connectivity index (χ0v) is 30.0. The van der Waals surface area contributed by atoms with Gasteiger partial charge in [-0.05, 0) is 18.9 Å². The first-order valence-electron chi connectivity index (χ1n) is 17.0. The number of carbonyl (C=O) groups excluding carboxylic acids is 4. The van der Waals surface area contributed by atoms with Crippen molar-refractivity contribution in [2.75, 3.05) is 105 Å². The Kier molecular flexibility index (Phi) is 31.3. The number of aliphatic hydroxyl groups is 2. The molecule has 1 fully saturated rings. The number of carboxylic acids is 1. The number of aliphatic carboxylic acids is 1. The molecule has 3 amide bonds. The molecule has 0 bridgehead atoms. The highest BCUT2D eigenvalue weighted by molar-refractivity contribution is 5.88. The van der Waals surface area contributed by atoms with Crippen molar-refractivity contribution in [3.05, 3.63) is 0 Å². The van der Waals surface area contributed by atoms with Gasteiger partial charge in [-0.1, -0.05) is 40.0 Å². The van der Waals surface area contributed by atoms with Crippen LogP contribution in [0.5, 0.6) is 0 Å². The van der Waals surface area contributed by atoms with Crippen molar-refractivity contribution >= 4 is 36.4 Å². The van der Waals surface area contributed by atoms with E-state index in [-0.39, 0.29) is 38.4 Å². The number of carboxylic acid groups (broad SMARTS) is 2. The van der Waals surface area contributed by atoms with E-state index in [0.29, 0.717) is 64.8 Å². The molecule has 0 aromatic heterocycles. The quantitative estimate of drug-likeness (QED) is 0.0577. The molecule has 1 aliphatic rings. The molecule has 2 unspecified atom stereocenters. The zero-order chi connectivity index (χ0) is 37.5. The van der Waals surface area contributed by atoms with Gasteiger partial charge in [-0.25, -0.2) is 0 Å². The lowest BCUT2D eigenvalue weighted by atomic mass is 10.0. The van der Waals surface area contributed by atoms with Crippen LogP contribution in [0, 0.1) is 5.92 Å². The summed E-state index contributed by atoms with van der Waals surface area (Å²) in [5.41, 5.74) is 0. The highest BCUT2D eigenvalue weighted by Gasteiger charge is 2.21. The van der Waals surface area contributed by atoms with Crippen LogP contribution in [0.3, 0.4) is 0 Å². The van der Waals surface area contributed by atoms with Gasteiger partial charge in [-0.3, -0.25) is 38.7 Å². The van der Waals surface area contributed by atoms with Gasteiger partial charge in [0.05, 0.1) is 26.2 Å². The van der Waals surface area contributed by atoms with Gasteiger partial charge in [0.25, 0.3) is 6.47 Å². The first-order chi connectivity index (χ1) is 23.5. The van der Waals surface area contributed by atoms with E-state index in [9.17, 15) is 34.2 Å². The number of rotatable bonds is 19. The van der Waals surface area contributed by atoms with Gasteiger partial charge in [0.15, 0.2) is 0 Å². The van der Waals surface area contributed by atoms with Crippen molar-refractivity contribution in [2.45, 2.75) is 58.9 Å². The number of hydrogen-bond acceptors (Lipinski definition) is 12. The van der Waals surface area contributed by atoms with Crippen LogP contribution >= 0.6 is 0 Å². The number of nitrogens with one attached hydrogen (secondary N) is 3. The number of carbonyl (C=O) groups is 6. The molecule has 0 radical (unpaired) electrons. The van der Waals surface area contributed by atoms with Gasteiger partial charge in [0.2, 0.25) is 17.7 Å². The molecule has 49 heavy (non-hydrogen) atoms. The molecule has 286 valence electrons. The lowest BCUT2D eigenvalue weighted by Crippen LogP contribution is -2.50. The van der Waals surface area contributed by atoms with Crippen LogP contribution in [0.2, 0.25) is 0 Å². The van der Waals surface area contributed by atoms with Gasteiger partial charge < -0.3 is 46.1 Å². The van der Waals surface area contributed by atoms with Crippen molar-refractivity contribution in [1.29, 1.82) is 0 Å². The van der Waals surface area contributed by atoms with Gasteiger partial charge >= 0.3 is 5.97 Å². The summed E-state index contributed by atoms with van der Waals surface area (Å²) in [7, 11) is 1.00. The molecule has 1 rings (SSSR count). The summed E-state index contributed by atoms with van der Waals surface area (Å²) in [4.78, 5) is 76.5. The lowest BCUT2D eigenvalue weighted by molar-refractivity contribution is -0.138. The average Bonchev–Trinajstić information content (AvgIpc) is 3.07. The molecule has 17 heteroatoms. The second-order valence-electron chi connectivity index (χ2n) is 11.7. The molecule has 7 N–H and O–H groups in total. The predicted molar refractivity (Wildman–Crippen MR) is 185 cm³/mol. The average molecular weight is 706 g/mol. The molecule has 0 saturated carbocycles. The highest BCUT2D eigenvalue weighted by atomic mass is 16.4. The number of likely N-dealkylation sites (N-methyl/N-ethyl adjacent to an activating group) is 1. The molecular formula is C32H63N7O10. The van der Waals surface area contributed by atoms with E-state index in [1.807, 2.05) is 14.7 Å². The van der Waals surface area contributed by atoms with Gasteiger partial charge in [0, 0.05) is 79.0 Å². The van der Waals surface area contributed by atoms with Crippen molar-refractivity contribution < 1.29 is 49.2 Å². The summed E-state index contributed by atoms with van der Waals surface area (Å²) in [6, 6.07) is -1.05. The summed E-state index contributed by atoms with van der Waals surface area (Å²) >= 11 is 0. The van der Waals surface area contributed by atoms with Crippen LogP contribution in [0.1, 0.15) is 52.9 Å². The minimum atomic E-state index is -1.05. The predicted octanol–water partition coefficient (Wildman–Crippen LogP) is -1.86. The fraction of sp³-hybridized carbons (Fsp3) is 0.812. The summed E-state index contributed by atoms with van der Waals surface area (Å²) in [6.45, 7) is 12.0. The van der Waals surface area contributed by atoms with Crippen LogP contribution in [0.25, 0.3) is 0 Å². The third kappa shape index (κ3) is 26.3. The van der Waals surface area contributed by atoms with Crippen LogP contribution in [0.4, 0.5) is 0 Å². The summed E-state index contributed by atoms with van der Waals surface area (Å²) in [5.74, 6) is -1.43. The second-order valence-corrected chi connectivity index (χ2v) is 11.7. The summed E-state index contributed by atoms with van der Waals surface area (Å²) in [6.07, 6.45) is 4.88. The minimum Gasteiger partial charge on any atom is -0.483 e. The molecular weight excluding hydrogens is 642 g/mol. The Labute approximate surface area is 291 Å². The Balaban J connectivity index is 0. The van der Waals surface area contributed by atoms with E-state index >= 15 is 0 Å². The number of amides is 3. The number of aliphatic hydroxyl groups excluding tert-OH is 2. The maximum Gasteiger partial charge on any atom is 0.317 e. The largest absolute Gasteiger partial charge is 0.483 e. The number of aldehydes is 1. The van der Waals surface area contributed by atoms with Crippen molar-refractivity contribution in [1.82, 2.24) is 35.6 Å². The zero-order valence-electron chi connectivity index (χ0n) is 30.0. The Morgan fingerprint density at radius 1 is 0.776 bits per heavy atom. The minimum absolute atomic E-state index is 0.0439. The normalized spacial score (nSPS) is 16.4. The van der Waals surface area contributed by atoms with E-state index in [1.54, 1.807) is 0 Å². The number of unbranched alkanes of at least 4 members (excludes halogenated alkanes) is 1. The Morgan fingerprint density at radius 2 is 1.31 bits per heavy atom. The third-order valence-electron chi connectivity index (χ3n) is 8.06. The fourth-order valence-electron chi connectivity index (χ4n) is 4.88. The molecule has 17 nitrogen and oxygen atoms in total. The smallest absolute Gasteiger partial charge is 0.317 e. The molecule has 1 saturated heterocycles. The van der Waals surface area contributed by atoms with E-state index in [2.05, 4.69) is 41.6 Å². The van der Waals surface area contributed by atoms with E-state index in [4.69, 9.17) is 15.0 Å². The fourth-order valence-corrected chi connectivity index (χ4v) is 4.88. The second kappa shape index (κ2) is 32.0. The molecule has 2 atom stereocenters. The van der Waals surface area contributed by atoms with E-state index < -0.39 is 30.4 Å². The maximum atomic E-state index is 12.8. The highest BCUT2D eigenvalue weighted by Crippen LogP contribution is 2.10. The van der Waals surface area contributed by atoms with Gasteiger partial charge in [0.1, 0.15) is 12.3 Å². The first-order valence-corrected chi connectivity index (χ1v) is 17.0. The molecule has 1 heterocycles. The van der Waals surface area contributed by atoms with Crippen LogP contribution in [0.15, 0.2) is 0 Å². The molecule has 0 aromatic rings. The molecule has 0 spiro atoms. The number of hydrogen-bond donors (Lipinski definition) is 7. The Bertz CT molecular complexity index is 916. The van der Waals surface area contributed by atoms with Crippen molar-refractivity contribution in [3.8, 4) is 0 Å². The lowest BCUT2D eigenvalue weighted by Gasteiger charge is -2.32. The standard InChI is InChI=1S/C30H57N7O7.CH2O2.CH4O/c1-4-25(3)8-6-7-10-32-30(44)26(24-39)33-27(40)9-11-31-28(41)22-36-16-13-34(5-2)12-14-35(20-21-38)15-17-37(19-18-36)23-29(42)43;2-1-3;1-2/h21,25-26,39H,4-20,22-24H2,1-3H3,(H,31,41)(H,32,44)(H,33,40)(H,42,43);1H,(H,2,3);2H,1H3. The van der Waals surface area contributed by atoms with Crippen LogP contribution in [-0.2, 0) is 28.8 Å². The first kappa shape index (κ1) is 47.9. The SMILES string of the molecule is CCC(C)CCCCNC(=O)C(CO)NC(=O)CCNC(=O)CN1CCN(CC)CCN(CC=O)CCN(CC(=O)O)CC1.CO.O=CO.